The van der Waals surface area contributed by atoms with E-state index in [4.69, 9.17) is 12.2 Å². The Labute approximate surface area is 111 Å². The van der Waals surface area contributed by atoms with Crippen LogP contribution in [0.15, 0.2) is 18.2 Å². The normalized spacial score (nSPS) is 11.9. The molecule has 1 heterocycles. The van der Waals surface area contributed by atoms with E-state index < -0.39 is 0 Å². The van der Waals surface area contributed by atoms with Gasteiger partial charge in [-0.05, 0) is 51.3 Å². The van der Waals surface area contributed by atoms with Crippen molar-refractivity contribution in [1.82, 2.24) is 14.5 Å². The highest BCUT2D eigenvalue weighted by molar-refractivity contribution is 7.71. The summed E-state index contributed by atoms with van der Waals surface area (Å²) in [7, 11) is 2.09. The summed E-state index contributed by atoms with van der Waals surface area (Å²) in [4.78, 5) is 5.29. The van der Waals surface area contributed by atoms with Crippen molar-refractivity contribution in [2.75, 3.05) is 13.6 Å². The number of nitrogens with one attached hydrogen (secondary N) is 1. The number of aromatic amines is 1. The molecule has 2 rings (SSSR count). The Morgan fingerprint density at radius 1 is 1.44 bits per heavy atom. The summed E-state index contributed by atoms with van der Waals surface area (Å²) >= 11 is 5.28. The first-order valence-corrected chi connectivity index (χ1v) is 6.48. The van der Waals surface area contributed by atoms with E-state index in [9.17, 15) is 4.39 Å². The standard InChI is InChI=1S/C13H18FN3S/c1-9(2)16(3)6-7-17-12-5-4-10(14)8-11(12)15-13(17)18/h4-5,8-9H,6-7H2,1-3H3,(H,15,18). The van der Waals surface area contributed by atoms with E-state index in [0.717, 1.165) is 24.1 Å². The number of imidazole rings is 1. The Morgan fingerprint density at radius 3 is 2.83 bits per heavy atom. The van der Waals surface area contributed by atoms with Crippen LogP contribution in [0.5, 0.6) is 0 Å². The summed E-state index contributed by atoms with van der Waals surface area (Å²) in [6, 6.07) is 5.22. The van der Waals surface area contributed by atoms with Crippen molar-refractivity contribution >= 4 is 23.3 Å². The molecule has 1 N–H and O–H groups in total. The Kier molecular flexibility index (Phi) is 3.82. The fourth-order valence-corrected chi connectivity index (χ4v) is 2.17. The Morgan fingerprint density at radius 2 is 2.17 bits per heavy atom. The fourth-order valence-electron chi connectivity index (χ4n) is 1.87. The molecule has 1 aromatic carbocycles. The van der Waals surface area contributed by atoms with Gasteiger partial charge >= 0.3 is 0 Å². The van der Waals surface area contributed by atoms with E-state index in [0.29, 0.717) is 10.8 Å². The highest BCUT2D eigenvalue weighted by atomic mass is 32.1. The van der Waals surface area contributed by atoms with Crippen LogP contribution in [-0.2, 0) is 6.54 Å². The molecular weight excluding hydrogens is 249 g/mol. The van der Waals surface area contributed by atoms with Crippen LogP contribution in [0.3, 0.4) is 0 Å². The largest absolute Gasteiger partial charge is 0.330 e. The summed E-state index contributed by atoms with van der Waals surface area (Å²) in [5.41, 5.74) is 1.71. The van der Waals surface area contributed by atoms with Crippen molar-refractivity contribution in [1.29, 1.82) is 0 Å². The van der Waals surface area contributed by atoms with E-state index in [2.05, 4.69) is 30.8 Å². The molecule has 0 saturated heterocycles. The van der Waals surface area contributed by atoms with E-state index in [-0.39, 0.29) is 5.82 Å². The number of rotatable bonds is 4. The Bertz CT molecular complexity index is 600. The zero-order chi connectivity index (χ0) is 13.3. The van der Waals surface area contributed by atoms with Gasteiger partial charge < -0.3 is 14.5 Å². The maximum Gasteiger partial charge on any atom is 0.178 e. The quantitative estimate of drug-likeness (QED) is 0.860. The van der Waals surface area contributed by atoms with Gasteiger partial charge in [-0.1, -0.05) is 0 Å². The van der Waals surface area contributed by atoms with Gasteiger partial charge in [0.15, 0.2) is 4.77 Å². The van der Waals surface area contributed by atoms with Gasteiger partial charge in [0.05, 0.1) is 11.0 Å². The van der Waals surface area contributed by atoms with Crippen LogP contribution in [0.4, 0.5) is 4.39 Å². The van der Waals surface area contributed by atoms with Crippen molar-refractivity contribution in [2.24, 2.45) is 0 Å². The van der Waals surface area contributed by atoms with Gasteiger partial charge in [-0.2, -0.15) is 0 Å². The minimum absolute atomic E-state index is 0.245. The topological polar surface area (TPSA) is 24.0 Å². The number of halogens is 1. The zero-order valence-corrected chi connectivity index (χ0v) is 11.7. The smallest absolute Gasteiger partial charge is 0.178 e. The van der Waals surface area contributed by atoms with Crippen molar-refractivity contribution in [2.45, 2.75) is 26.4 Å². The second-order valence-corrected chi connectivity index (χ2v) is 5.20. The number of hydrogen-bond donors (Lipinski definition) is 1. The van der Waals surface area contributed by atoms with Crippen LogP contribution in [0.25, 0.3) is 11.0 Å². The minimum atomic E-state index is -0.245. The summed E-state index contributed by atoms with van der Waals surface area (Å²) < 4.78 is 15.8. The number of benzene rings is 1. The lowest BCUT2D eigenvalue weighted by atomic mass is 10.3. The second kappa shape index (κ2) is 5.20. The highest BCUT2D eigenvalue weighted by Crippen LogP contribution is 2.15. The number of aromatic nitrogens is 2. The minimum Gasteiger partial charge on any atom is -0.330 e. The molecule has 0 aliphatic rings. The first-order valence-electron chi connectivity index (χ1n) is 6.07. The summed E-state index contributed by atoms with van der Waals surface area (Å²) in [5.74, 6) is -0.245. The van der Waals surface area contributed by atoms with Crippen LogP contribution in [0, 0.1) is 10.6 Å². The molecule has 98 valence electrons. The molecule has 0 atom stereocenters. The lowest BCUT2D eigenvalue weighted by Gasteiger charge is -2.21. The summed E-state index contributed by atoms with van der Waals surface area (Å²) in [6.07, 6.45) is 0. The van der Waals surface area contributed by atoms with Crippen LogP contribution < -0.4 is 0 Å². The lowest BCUT2D eigenvalue weighted by molar-refractivity contribution is 0.263. The van der Waals surface area contributed by atoms with Crippen LogP contribution in [0.2, 0.25) is 0 Å². The zero-order valence-electron chi connectivity index (χ0n) is 10.9. The maximum absolute atomic E-state index is 13.1. The average molecular weight is 267 g/mol. The van der Waals surface area contributed by atoms with E-state index in [1.807, 2.05) is 4.57 Å². The molecule has 0 amide bonds. The molecule has 0 spiro atoms. The van der Waals surface area contributed by atoms with Gasteiger partial charge in [-0.3, -0.25) is 0 Å². The third-order valence-corrected chi connectivity index (χ3v) is 3.62. The number of fused-ring (bicyclic) bond motifs is 1. The second-order valence-electron chi connectivity index (χ2n) is 4.82. The molecule has 0 fully saturated rings. The van der Waals surface area contributed by atoms with Gasteiger partial charge in [0, 0.05) is 19.1 Å². The molecule has 3 nitrogen and oxygen atoms in total. The molecule has 0 saturated carbocycles. The molecular formula is C13H18FN3S. The van der Waals surface area contributed by atoms with Gasteiger partial charge in [-0.15, -0.1) is 0 Å². The average Bonchev–Trinajstić information content (AvgIpc) is 2.60. The number of hydrogen-bond acceptors (Lipinski definition) is 2. The van der Waals surface area contributed by atoms with E-state index in [1.54, 1.807) is 6.07 Å². The Hall–Kier alpha value is -1.20. The molecule has 0 aliphatic carbocycles. The third kappa shape index (κ3) is 2.62. The summed E-state index contributed by atoms with van der Waals surface area (Å²) in [6.45, 7) is 6.03. The number of nitrogens with zero attached hydrogens (tertiary/aromatic N) is 2. The molecule has 18 heavy (non-hydrogen) atoms. The van der Waals surface area contributed by atoms with Crippen LogP contribution in [-0.4, -0.2) is 34.1 Å². The third-order valence-electron chi connectivity index (χ3n) is 3.29. The van der Waals surface area contributed by atoms with E-state index >= 15 is 0 Å². The molecule has 5 heteroatoms. The molecule has 1 aromatic heterocycles. The molecule has 0 radical (unpaired) electrons. The fraction of sp³-hybridized carbons (Fsp3) is 0.462. The molecule has 2 aromatic rings. The van der Waals surface area contributed by atoms with E-state index in [1.165, 1.54) is 12.1 Å². The molecule has 0 aliphatic heterocycles. The van der Waals surface area contributed by atoms with Crippen molar-refractivity contribution < 1.29 is 4.39 Å². The van der Waals surface area contributed by atoms with Gasteiger partial charge in [-0.25, -0.2) is 4.39 Å². The first-order chi connectivity index (χ1) is 8.49. The van der Waals surface area contributed by atoms with Crippen molar-refractivity contribution in [3.63, 3.8) is 0 Å². The maximum atomic E-state index is 13.1. The Balaban J connectivity index is 2.28. The van der Waals surface area contributed by atoms with Gasteiger partial charge in [0.2, 0.25) is 0 Å². The lowest BCUT2D eigenvalue weighted by Crippen LogP contribution is -2.29. The van der Waals surface area contributed by atoms with Crippen LogP contribution >= 0.6 is 12.2 Å². The molecule has 0 bridgehead atoms. The van der Waals surface area contributed by atoms with Crippen molar-refractivity contribution in [3.05, 3.63) is 28.8 Å². The predicted octanol–water partition coefficient (Wildman–Crippen LogP) is 3.18. The molecule has 0 unspecified atom stereocenters. The predicted molar refractivity (Wildman–Crippen MR) is 74.8 cm³/mol. The van der Waals surface area contributed by atoms with Gasteiger partial charge in [0.25, 0.3) is 0 Å². The highest BCUT2D eigenvalue weighted by Gasteiger charge is 2.07. The summed E-state index contributed by atoms with van der Waals surface area (Å²) in [5, 5.41) is 0. The van der Waals surface area contributed by atoms with Crippen LogP contribution in [0.1, 0.15) is 13.8 Å². The number of likely N-dealkylation sites (N-methyl/N-ethyl adjacent to an activating group) is 1. The monoisotopic (exact) mass is 267 g/mol. The number of H-pyrrole nitrogens is 1. The van der Waals surface area contributed by atoms with Crippen molar-refractivity contribution in [3.8, 4) is 0 Å². The SMILES string of the molecule is CC(C)N(C)CCn1c(=S)[nH]c2cc(F)ccc21. The van der Waals surface area contributed by atoms with Gasteiger partial charge in [0.1, 0.15) is 5.82 Å². The first kappa shape index (κ1) is 13.2.